The highest BCUT2D eigenvalue weighted by molar-refractivity contribution is 7.79. The van der Waals surface area contributed by atoms with Crippen molar-refractivity contribution in [3.05, 3.63) is 33.3 Å². The molecule has 0 aliphatic carbocycles. The van der Waals surface area contributed by atoms with Crippen molar-refractivity contribution >= 4 is 28.4 Å². The lowest BCUT2D eigenvalue weighted by molar-refractivity contribution is -0.387. The normalized spacial score (nSPS) is 12.5. The second-order valence-electron chi connectivity index (χ2n) is 2.09. The summed E-state index contributed by atoms with van der Waals surface area (Å²) in [6.07, 6.45) is 0. The Morgan fingerprint density at radius 3 is 2.54 bits per heavy atom. The Balaban J connectivity index is 3.43. The first-order chi connectivity index (χ1) is 6.04. The zero-order valence-corrected chi connectivity index (χ0v) is 7.71. The Morgan fingerprint density at radius 1 is 1.54 bits per heavy atom. The quantitative estimate of drug-likeness (QED) is 0.469. The van der Waals surface area contributed by atoms with Crippen molar-refractivity contribution in [3.8, 4) is 0 Å². The fourth-order valence-electron chi connectivity index (χ4n) is 0.814. The fourth-order valence-corrected chi connectivity index (χ4v) is 1.74. The van der Waals surface area contributed by atoms with Crippen LogP contribution in [-0.4, -0.2) is 13.7 Å². The van der Waals surface area contributed by atoms with Crippen molar-refractivity contribution in [1.82, 2.24) is 0 Å². The third-order valence-corrected chi connectivity index (χ3v) is 2.52. The maximum Gasteiger partial charge on any atom is 0.289 e. The largest absolute Gasteiger partial charge is 0.302 e. The van der Waals surface area contributed by atoms with Gasteiger partial charge in [-0.05, 0) is 6.07 Å². The smallest absolute Gasteiger partial charge is 0.289 e. The van der Waals surface area contributed by atoms with Crippen LogP contribution in [-0.2, 0) is 11.1 Å². The predicted molar refractivity (Wildman–Crippen MR) is 47.1 cm³/mol. The van der Waals surface area contributed by atoms with Gasteiger partial charge >= 0.3 is 0 Å². The molecule has 70 valence electrons. The lowest BCUT2D eigenvalue weighted by Crippen LogP contribution is -1.97. The summed E-state index contributed by atoms with van der Waals surface area (Å²) >= 11 is 3.06. The van der Waals surface area contributed by atoms with Gasteiger partial charge in [-0.1, -0.05) is 17.7 Å². The van der Waals surface area contributed by atoms with Crippen LogP contribution in [0.5, 0.6) is 0 Å². The number of nitro benzene ring substituents is 1. The lowest BCUT2D eigenvalue weighted by atomic mass is 10.3. The van der Waals surface area contributed by atoms with E-state index in [-0.39, 0.29) is 9.92 Å². The van der Waals surface area contributed by atoms with Crippen LogP contribution in [0.4, 0.5) is 5.69 Å². The molecule has 0 aliphatic rings. The van der Waals surface area contributed by atoms with Gasteiger partial charge < -0.3 is 4.55 Å². The van der Waals surface area contributed by atoms with Crippen LogP contribution in [0.3, 0.4) is 0 Å². The number of benzene rings is 1. The first-order valence-electron chi connectivity index (χ1n) is 3.08. The molecule has 0 saturated heterocycles. The molecule has 0 heterocycles. The van der Waals surface area contributed by atoms with Gasteiger partial charge in [0.25, 0.3) is 5.69 Å². The van der Waals surface area contributed by atoms with E-state index in [9.17, 15) is 14.3 Å². The molecule has 1 rings (SSSR count). The molecule has 1 N–H and O–H groups in total. The first kappa shape index (κ1) is 10.1. The molecule has 7 heteroatoms. The van der Waals surface area contributed by atoms with Gasteiger partial charge in [0.15, 0.2) is 16.0 Å². The molecule has 0 saturated carbocycles. The lowest BCUT2D eigenvalue weighted by Gasteiger charge is -1.99. The zero-order chi connectivity index (χ0) is 10.0. The van der Waals surface area contributed by atoms with E-state index in [4.69, 9.17) is 16.2 Å². The van der Waals surface area contributed by atoms with Crippen molar-refractivity contribution in [1.29, 1.82) is 0 Å². The minimum atomic E-state index is -2.45. The summed E-state index contributed by atoms with van der Waals surface area (Å²) in [6.45, 7) is 0. The molecular formula is C6H4ClNO4S. The summed E-state index contributed by atoms with van der Waals surface area (Å²) in [6, 6.07) is 3.78. The van der Waals surface area contributed by atoms with Crippen LogP contribution in [0.2, 0.25) is 5.02 Å². The number of hydrogen-bond acceptors (Lipinski definition) is 3. The number of nitro groups is 1. The fraction of sp³-hybridized carbons (Fsp3) is 0. The average Bonchev–Trinajstić information content (AvgIpc) is 2.02. The Labute approximate surface area is 80.8 Å². The maximum atomic E-state index is 10.7. The van der Waals surface area contributed by atoms with Crippen molar-refractivity contribution in [2.24, 2.45) is 0 Å². The molecule has 1 aromatic carbocycles. The van der Waals surface area contributed by atoms with E-state index < -0.39 is 21.7 Å². The average molecular weight is 222 g/mol. The minimum Gasteiger partial charge on any atom is -0.302 e. The Kier molecular flexibility index (Phi) is 2.97. The van der Waals surface area contributed by atoms with Gasteiger partial charge in [-0.2, -0.15) is 0 Å². The van der Waals surface area contributed by atoms with Gasteiger partial charge in [0.2, 0.25) is 0 Å². The summed E-state index contributed by atoms with van der Waals surface area (Å²) in [7, 11) is 0. The number of nitrogens with zero attached hydrogens (tertiary/aromatic N) is 1. The molecule has 0 bridgehead atoms. The van der Waals surface area contributed by atoms with Gasteiger partial charge in [-0.15, -0.1) is 0 Å². The van der Waals surface area contributed by atoms with E-state index in [2.05, 4.69) is 0 Å². The van der Waals surface area contributed by atoms with Crippen LogP contribution in [0.15, 0.2) is 23.1 Å². The summed E-state index contributed by atoms with van der Waals surface area (Å²) < 4.78 is 19.4. The Bertz CT molecular complexity index is 381. The van der Waals surface area contributed by atoms with Gasteiger partial charge in [0.05, 0.1) is 9.95 Å². The standard InChI is InChI=1S/C6H4ClNO4S/c7-4-2-1-3-5(8(9)10)6(4)13(11)12/h1-3H,(H,11,12). The summed E-state index contributed by atoms with van der Waals surface area (Å²) in [4.78, 5) is 9.26. The minimum absolute atomic E-state index is 0.0879. The van der Waals surface area contributed by atoms with E-state index in [1.54, 1.807) is 0 Å². The van der Waals surface area contributed by atoms with E-state index in [1.165, 1.54) is 12.1 Å². The molecule has 1 unspecified atom stereocenters. The molecular weight excluding hydrogens is 218 g/mol. The molecule has 1 aromatic rings. The van der Waals surface area contributed by atoms with Crippen LogP contribution in [0.1, 0.15) is 0 Å². The molecule has 1 atom stereocenters. The second-order valence-corrected chi connectivity index (χ2v) is 3.41. The maximum absolute atomic E-state index is 10.7. The van der Waals surface area contributed by atoms with Crippen molar-refractivity contribution in [3.63, 3.8) is 0 Å². The van der Waals surface area contributed by atoms with Gasteiger partial charge in [-0.3, -0.25) is 10.1 Å². The van der Waals surface area contributed by atoms with Gasteiger partial charge in [0.1, 0.15) is 0 Å². The van der Waals surface area contributed by atoms with Crippen LogP contribution in [0.25, 0.3) is 0 Å². The van der Waals surface area contributed by atoms with Crippen molar-refractivity contribution in [2.45, 2.75) is 4.90 Å². The van der Waals surface area contributed by atoms with Crippen molar-refractivity contribution < 1.29 is 13.7 Å². The topological polar surface area (TPSA) is 80.4 Å². The van der Waals surface area contributed by atoms with Crippen LogP contribution < -0.4 is 0 Å². The van der Waals surface area contributed by atoms with E-state index in [1.807, 2.05) is 0 Å². The van der Waals surface area contributed by atoms with Crippen molar-refractivity contribution in [2.75, 3.05) is 0 Å². The molecule has 13 heavy (non-hydrogen) atoms. The molecule has 5 nitrogen and oxygen atoms in total. The highest BCUT2D eigenvalue weighted by Gasteiger charge is 2.20. The highest BCUT2D eigenvalue weighted by atomic mass is 35.5. The van der Waals surface area contributed by atoms with Crippen LogP contribution in [0, 0.1) is 10.1 Å². The molecule has 0 amide bonds. The Morgan fingerprint density at radius 2 is 2.15 bits per heavy atom. The number of rotatable bonds is 2. The molecule has 0 aromatic heterocycles. The third-order valence-electron chi connectivity index (χ3n) is 1.32. The second kappa shape index (κ2) is 3.82. The van der Waals surface area contributed by atoms with Gasteiger partial charge in [-0.25, -0.2) is 4.21 Å². The molecule has 0 spiro atoms. The highest BCUT2D eigenvalue weighted by Crippen LogP contribution is 2.28. The molecule has 0 radical (unpaired) electrons. The van der Waals surface area contributed by atoms with E-state index in [0.29, 0.717) is 0 Å². The van der Waals surface area contributed by atoms with E-state index >= 15 is 0 Å². The number of hydrogen-bond donors (Lipinski definition) is 1. The zero-order valence-electron chi connectivity index (χ0n) is 6.14. The monoisotopic (exact) mass is 221 g/mol. The van der Waals surface area contributed by atoms with E-state index in [0.717, 1.165) is 6.07 Å². The SMILES string of the molecule is O=[N+]([O-])c1cccc(Cl)c1S(=O)O. The molecule has 0 aliphatic heterocycles. The van der Waals surface area contributed by atoms with Crippen LogP contribution >= 0.6 is 11.6 Å². The number of halogens is 1. The Hall–Kier alpha value is -0.980. The first-order valence-corrected chi connectivity index (χ1v) is 4.56. The summed E-state index contributed by atoms with van der Waals surface area (Å²) in [5.74, 6) is 0. The summed E-state index contributed by atoms with van der Waals surface area (Å²) in [5, 5.41) is 10.3. The third kappa shape index (κ3) is 2.03. The predicted octanol–water partition coefficient (Wildman–Crippen LogP) is 1.83. The summed E-state index contributed by atoms with van der Waals surface area (Å²) in [5.41, 5.74) is -0.451. The van der Waals surface area contributed by atoms with Gasteiger partial charge in [0, 0.05) is 6.07 Å². The molecule has 0 fully saturated rings.